The number of ketones is 1. The van der Waals surface area contributed by atoms with Gasteiger partial charge in [-0.15, -0.1) is 0 Å². The van der Waals surface area contributed by atoms with Crippen LogP contribution in [0.25, 0.3) is 0 Å². The Hall–Kier alpha value is -1.16. The number of hydrogen-bond donors (Lipinski definition) is 1. The number of esters is 1. The molecule has 0 aromatic rings. The standard InChI is InChI=1S/C20H30O4/c1-11(21)24-16-8-13-18(14(22)6-7-20(13,4)5)17-12(16)9-19(2,3)10-15(17)23/h8,12,14,16-18,22H,6-7,9-10H2,1-5H3/t12-,14+,16+,17-,18-/m1/s1. The number of aliphatic hydroxyl groups is 1. The lowest BCUT2D eigenvalue weighted by Gasteiger charge is -2.54. The number of aliphatic hydroxyl groups excluding tert-OH is 1. The second-order valence-corrected chi connectivity index (χ2v) is 9.41. The minimum absolute atomic E-state index is 0.0255. The molecule has 2 fully saturated rings. The van der Waals surface area contributed by atoms with Gasteiger partial charge in [0.15, 0.2) is 0 Å². The van der Waals surface area contributed by atoms with Crippen LogP contribution in [0.1, 0.15) is 60.3 Å². The maximum Gasteiger partial charge on any atom is 0.303 e. The van der Waals surface area contributed by atoms with E-state index in [-0.39, 0.29) is 46.4 Å². The summed E-state index contributed by atoms with van der Waals surface area (Å²) in [6.45, 7) is 9.97. The number of fused-ring (bicyclic) bond motifs is 3. The fourth-order valence-corrected chi connectivity index (χ4v) is 5.33. The van der Waals surface area contributed by atoms with E-state index in [1.165, 1.54) is 6.92 Å². The van der Waals surface area contributed by atoms with E-state index in [0.29, 0.717) is 6.42 Å². The molecule has 134 valence electrons. The van der Waals surface area contributed by atoms with Crippen molar-refractivity contribution in [3.8, 4) is 0 Å². The molecule has 5 atom stereocenters. The average Bonchev–Trinajstić information content (AvgIpc) is 2.42. The van der Waals surface area contributed by atoms with E-state index in [9.17, 15) is 14.7 Å². The van der Waals surface area contributed by atoms with Crippen LogP contribution in [0.5, 0.6) is 0 Å². The van der Waals surface area contributed by atoms with Crippen LogP contribution in [-0.4, -0.2) is 29.1 Å². The summed E-state index contributed by atoms with van der Waals surface area (Å²) < 4.78 is 5.63. The number of carbonyl (C=O) groups is 2. The van der Waals surface area contributed by atoms with Crippen molar-refractivity contribution in [2.24, 2.45) is 28.6 Å². The Morgan fingerprint density at radius 3 is 2.54 bits per heavy atom. The van der Waals surface area contributed by atoms with E-state index in [0.717, 1.165) is 24.8 Å². The monoisotopic (exact) mass is 334 g/mol. The van der Waals surface area contributed by atoms with Crippen LogP contribution in [0.4, 0.5) is 0 Å². The predicted molar refractivity (Wildman–Crippen MR) is 91.2 cm³/mol. The SMILES string of the molecule is CC(=O)O[C@H]1C=C2[C@@H]([C@H]3C(=O)CC(C)(C)C[C@@H]31)[C@@H](O)CCC2(C)C. The molecule has 4 nitrogen and oxygen atoms in total. The molecule has 24 heavy (non-hydrogen) atoms. The smallest absolute Gasteiger partial charge is 0.303 e. The first kappa shape index (κ1) is 17.7. The largest absolute Gasteiger partial charge is 0.458 e. The molecule has 1 N–H and O–H groups in total. The molecule has 0 aromatic carbocycles. The second kappa shape index (κ2) is 5.69. The summed E-state index contributed by atoms with van der Waals surface area (Å²) >= 11 is 0. The maximum atomic E-state index is 13.0. The third kappa shape index (κ3) is 2.94. The topological polar surface area (TPSA) is 63.6 Å². The van der Waals surface area contributed by atoms with Crippen LogP contribution in [-0.2, 0) is 14.3 Å². The van der Waals surface area contributed by atoms with Gasteiger partial charge in [0.05, 0.1) is 6.10 Å². The molecule has 0 radical (unpaired) electrons. The zero-order valence-corrected chi connectivity index (χ0v) is 15.5. The molecule has 3 aliphatic carbocycles. The summed E-state index contributed by atoms with van der Waals surface area (Å²) in [6.07, 6.45) is 4.23. The molecule has 0 aromatic heterocycles. The number of Topliss-reactive ketones (excluding diaryl/α,β-unsaturated/α-hetero) is 1. The van der Waals surface area contributed by atoms with E-state index in [1.807, 2.05) is 0 Å². The van der Waals surface area contributed by atoms with Crippen LogP contribution in [0.15, 0.2) is 11.6 Å². The number of carbonyl (C=O) groups excluding carboxylic acids is 2. The Kier molecular flexibility index (Phi) is 4.18. The van der Waals surface area contributed by atoms with E-state index >= 15 is 0 Å². The van der Waals surface area contributed by atoms with Gasteiger partial charge in [-0.05, 0) is 36.2 Å². The summed E-state index contributed by atoms with van der Waals surface area (Å²) in [7, 11) is 0. The molecular formula is C20H30O4. The van der Waals surface area contributed by atoms with Crippen molar-refractivity contribution >= 4 is 11.8 Å². The van der Waals surface area contributed by atoms with Crippen molar-refractivity contribution in [3.63, 3.8) is 0 Å². The van der Waals surface area contributed by atoms with Crippen molar-refractivity contribution in [1.82, 2.24) is 0 Å². The molecule has 2 saturated carbocycles. The first-order valence-electron chi connectivity index (χ1n) is 9.12. The van der Waals surface area contributed by atoms with Crippen LogP contribution in [0, 0.1) is 28.6 Å². The quantitative estimate of drug-likeness (QED) is 0.590. The van der Waals surface area contributed by atoms with E-state index in [2.05, 4.69) is 33.8 Å². The van der Waals surface area contributed by atoms with Gasteiger partial charge < -0.3 is 9.84 Å². The highest BCUT2D eigenvalue weighted by Crippen LogP contribution is 2.56. The molecule has 0 unspecified atom stereocenters. The van der Waals surface area contributed by atoms with Gasteiger partial charge in [0, 0.05) is 31.1 Å². The molecule has 0 heterocycles. The lowest BCUT2D eigenvalue weighted by molar-refractivity contribution is -0.157. The molecule has 4 heteroatoms. The third-order valence-corrected chi connectivity index (χ3v) is 6.35. The van der Waals surface area contributed by atoms with Gasteiger partial charge in [0.1, 0.15) is 11.9 Å². The first-order chi connectivity index (χ1) is 11.0. The molecule has 0 spiro atoms. The summed E-state index contributed by atoms with van der Waals surface area (Å²) in [5.74, 6) is -0.451. The Balaban J connectivity index is 2.08. The van der Waals surface area contributed by atoms with Crippen molar-refractivity contribution in [2.45, 2.75) is 72.5 Å². The van der Waals surface area contributed by atoms with Crippen LogP contribution in [0.2, 0.25) is 0 Å². The Labute approximate surface area is 144 Å². The van der Waals surface area contributed by atoms with Crippen LogP contribution in [0.3, 0.4) is 0 Å². The van der Waals surface area contributed by atoms with Gasteiger partial charge in [-0.2, -0.15) is 0 Å². The summed E-state index contributed by atoms with van der Waals surface area (Å²) in [5.41, 5.74) is 0.958. The molecule has 0 amide bonds. The van der Waals surface area contributed by atoms with Gasteiger partial charge in [-0.3, -0.25) is 9.59 Å². The normalized spacial score (nSPS) is 40.2. The minimum Gasteiger partial charge on any atom is -0.458 e. The van der Waals surface area contributed by atoms with Crippen molar-refractivity contribution in [1.29, 1.82) is 0 Å². The maximum absolute atomic E-state index is 13.0. The molecule has 0 bridgehead atoms. The van der Waals surface area contributed by atoms with Crippen molar-refractivity contribution in [2.75, 3.05) is 0 Å². The van der Waals surface area contributed by atoms with Crippen LogP contribution < -0.4 is 0 Å². The van der Waals surface area contributed by atoms with Crippen molar-refractivity contribution < 1.29 is 19.4 Å². The zero-order valence-electron chi connectivity index (χ0n) is 15.5. The highest BCUT2D eigenvalue weighted by molar-refractivity contribution is 5.84. The highest BCUT2D eigenvalue weighted by atomic mass is 16.5. The third-order valence-electron chi connectivity index (χ3n) is 6.35. The van der Waals surface area contributed by atoms with Gasteiger partial charge in [0.25, 0.3) is 0 Å². The van der Waals surface area contributed by atoms with E-state index < -0.39 is 6.10 Å². The van der Waals surface area contributed by atoms with Gasteiger partial charge >= 0.3 is 5.97 Å². The van der Waals surface area contributed by atoms with Gasteiger partial charge in [-0.25, -0.2) is 0 Å². The summed E-state index contributed by atoms with van der Waals surface area (Å²) in [5, 5.41) is 10.7. The molecule has 0 aliphatic heterocycles. The minimum atomic E-state index is -0.472. The molecular weight excluding hydrogens is 304 g/mol. The van der Waals surface area contributed by atoms with Crippen LogP contribution >= 0.6 is 0 Å². The predicted octanol–water partition coefficient (Wildman–Crippen LogP) is 3.28. The molecule has 3 rings (SSSR count). The number of hydrogen-bond acceptors (Lipinski definition) is 4. The van der Waals surface area contributed by atoms with E-state index in [4.69, 9.17) is 4.74 Å². The first-order valence-corrected chi connectivity index (χ1v) is 9.12. The summed E-state index contributed by atoms with van der Waals surface area (Å²) in [4.78, 5) is 24.6. The molecule has 0 saturated heterocycles. The number of rotatable bonds is 1. The Morgan fingerprint density at radius 2 is 1.92 bits per heavy atom. The lowest BCUT2D eigenvalue weighted by Crippen LogP contribution is -2.55. The van der Waals surface area contributed by atoms with Gasteiger partial charge in [-0.1, -0.05) is 33.3 Å². The average molecular weight is 334 g/mol. The van der Waals surface area contributed by atoms with Crippen molar-refractivity contribution in [3.05, 3.63) is 11.6 Å². The fraction of sp³-hybridized carbons (Fsp3) is 0.800. The Bertz CT molecular complexity index is 586. The second-order valence-electron chi connectivity index (χ2n) is 9.41. The lowest BCUT2D eigenvalue weighted by atomic mass is 9.52. The summed E-state index contributed by atoms with van der Waals surface area (Å²) in [6, 6.07) is 0. The zero-order chi connectivity index (χ0) is 17.9. The van der Waals surface area contributed by atoms with E-state index in [1.54, 1.807) is 0 Å². The number of ether oxygens (including phenoxy) is 1. The molecule has 3 aliphatic rings. The Morgan fingerprint density at radius 1 is 1.25 bits per heavy atom. The van der Waals surface area contributed by atoms with Gasteiger partial charge in [0.2, 0.25) is 0 Å². The highest BCUT2D eigenvalue weighted by Gasteiger charge is 2.55. The fourth-order valence-electron chi connectivity index (χ4n) is 5.33.